The van der Waals surface area contributed by atoms with Gasteiger partial charge in [0, 0.05) is 21.9 Å². The Bertz CT molecular complexity index is 958. The van der Waals surface area contributed by atoms with Gasteiger partial charge in [-0.25, -0.2) is 9.97 Å². The second-order valence-corrected chi connectivity index (χ2v) is 10.6. The Morgan fingerprint density at radius 1 is 1.35 bits per heavy atom. The van der Waals surface area contributed by atoms with Gasteiger partial charge in [-0.05, 0) is 25.0 Å². The van der Waals surface area contributed by atoms with Crippen molar-refractivity contribution in [3.05, 3.63) is 45.1 Å². The average Bonchev–Trinajstić information content (AvgIpc) is 3.20. The fraction of sp³-hybridized carbons (Fsp3) is 0.524. The molecule has 10 heteroatoms. The molecule has 1 unspecified atom stereocenters. The number of carbonyl (C=O) groups is 1. The van der Waals surface area contributed by atoms with E-state index >= 15 is 0 Å². The van der Waals surface area contributed by atoms with Crippen LogP contribution >= 0.6 is 22.9 Å². The van der Waals surface area contributed by atoms with Gasteiger partial charge in [0.25, 0.3) is 5.91 Å². The standard InChI is InChI=1S/C19H22ClN5O2S2.C2H6/c20-13-8-15(17(26)23-9-12-4-7-22-11-24-12)28-16(13)14-10-29(27)19(18(21)25-14)5-2-1-3-6-19;1-2/h4,7-8,11,14H,1-3,5-6,9-10H2,(H2,21,25)(H,23,26);1-2H3/t14-,29?;/m0./s1. The van der Waals surface area contributed by atoms with Crippen molar-refractivity contribution in [2.24, 2.45) is 10.7 Å². The van der Waals surface area contributed by atoms with E-state index in [1.807, 2.05) is 13.8 Å². The molecule has 4 rings (SSSR count). The van der Waals surface area contributed by atoms with Crippen molar-refractivity contribution >= 4 is 45.5 Å². The number of nitrogens with two attached hydrogens (primary N) is 1. The van der Waals surface area contributed by atoms with E-state index in [0.717, 1.165) is 37.0 Å². The zero-order valence-corrected chi connectivity index (χ0v) is 20.2. The molecule has 1 spiro atoms. The Balaban J connectivity index is 0.00000132. The van der Waals surface area contributed by atoms with E-state index in [-0.39, 0.29) is 11.9 Å². The first-order chi connectivity index (χ1) is 15.0. The number of carbonyl (C=O) groups excluding carboxylic acids is 1. The lowest BCUT2D eigenvalue weighted by Crippen LogP contribution is -2.53. The summed E-state index contributed by atoms with van der Waals surface area (Å²) < 4.78 is 12.6. The molecule has 0 bridgehead atoms. The Morgan fingerprint density at radius 3 is 2.74 bits per heavy atom. The number of hydrogen-bond acceptors (Lipinski definition) is 7. The first kappa shape index (κ1) is 23.8. The summed E-state index contributed by atoms with van der Waals surface area (Å²) in [5, 5.41) is 3.28. The highest BCUT2D eigenvalue weighted by molar-refractivity contribution is 7.87. The number of amidine groups is 1. The second-order valence-electron chi connectivity index (χ2n) is 7.30. The number of rotatable bonds is 4. The number of aliphatic imine (C=N–C) groups is 1. The summed E-state index contributed by atoms with van der Waals surface area (Å²) >= 11 is 7.69. The maximum absolute atomic E-state index is 13.1. The van der Waals surface area contributed by atoms with Crippen LogP contribution in [-0.4, -0.2) is 36.4 Å². The zero-order chi connectivity index (χ0) is 22.4. The molecule has 0 saturated heterocycles. The van der Waals surface area contributed by atoms with Crippen LogP contribution in [0.5, 0.6) is 0 Å². The maximum atomic E-state index is 13.1. The third-order valence-corrected chi connectivity index (χ3v) is 9.25. The summed E-state index contributed by atoms with van der Waals surface area (Å²) in [6.07, 6.45) is 7.94. The smallest absolute Gasteiger partial charge is 0.261 e. The topological polar surface area (TPSA) is 110 Å². The van der Waals surface area contributed by atoms with Crippen molar-refractivity contribution in [2.75, 3.05) is 5.75 Å². The molecule has 1 amide bonds. The molecular formula is C21H28ClN5O2S2. The van der Waals surface area contributed by atoms with Crippen LogP contribution in [0.1, 0.15) is 72.2 Å². The van der Waals surface area contributed by atoms with Gasteiger partial charge in [-0.15, -0.1) is 11.3 Å². The second kappa shape index (κ2) is 10.7. The maximum Gasteiger partial charge on any atom is 0.261 e. The van der Waals surface area contributed by atoms with Gasteiger partial charge < -0.3 is 11.1 Å². The molecule has 31 heavy (non-hydrogen) atoms. The Morgan fingerprint density at radius 2 is 2.10 bits per heavy atom. The Labute approximate surface area is 194 Å². The van der Waals surface area contributed by atoms with Crippen LogP contribution in [0.25, 0.3) is 0 Å². The monoisotopic (exact) mass is 481 g/mol. The van der Waals surface area contributed by atoms with Gasteiger partial charge in [0.2, 0.25) is 0 Å². The molecule has 3 N–H and O–H groups in total. The van der Waals surface area contributed by atoms with Crippen LogP contribution in [0.3, 0.4) is 0 Å². The molecule has 0 aromatic carbocycles. The fourth-order valence-electron chi connectivity index (χ4n) is 3.89. The number of amides is 1. The van der Waals surface area contributed by atoms with E-state index in [2.05, 4.69) is 20.3 Å². The van der Waals surface area contributed by atoms with Crippen LogP contribution < -0.4 is 11.1 Å². The van der Waals surface area contributed by atoms with Gasteiger partial charge in [-0.3, -0.25) is 14.0 Å². The number of hydrogen-bond donors (Lipinski definition) is 2. The molecule has 1 saturated carbocycles. The van der Waals surface area contributed by atoms with E-state index in [4.69, 9.17) is 17.3 Å². The van der Waals surface area contributed by atoms with Crippen LogP contribution in [-0.2, 0) is 17.3 Å². The number of nitrogens with zero attached hydrogens (tertiary/aromatic N) is 3. The van der Waals surface area contributed by atoms with Crippen LogP contribution in [0.15, 0.2) is 29.6 Å². The summed E-state index contributed by atoms with van der Waals surface area (Å²) in [6.45, 7) is 4.30. The highest BCUT2D eigenvalue weighted by atomic mass is 35.5. The van der Waals surface area contributed by atoms with E-state index in [1.54, 1.807) is 18.3 Å². The van der Waals surface area contributed by atoms with E-state index in [0.29, 0.717) is 33.7 Å². The molecule has 2 atom stereocenters. The highest BCUT2D eigenvalue weighted by Crippen LogP contribution is 2.42. The van der Waals surface area contributed by atoms with Gasteiger partial charge in [0.05, 0.1) is 33.9 Å². The van der Waals surface area contributed by atoms with Gasteiger partial charge >= 0.3 is 0 Å². The lowest BCUT2D eigenvalue weighted by atomic mass is 9.87. The van der Waals surface area contributed by atoms with Crippen molar-refractivity contribution < 1.29 is 9.00 Å². The van der Waals surface area contributed by atoms with Crippen molar-refractivity contribution in [1.82, 2.24) is 15.3 Å². The van der Waals surface area contributed by atoms with Crippen LogP contribution in [0.2, 0.25) is 5.02 Å². The summed E-state index contributed by atoms with van der Waals surface area (Å²) in [7, 11) is -1.11. The molecule has 2 aromatic heterocycles. The summed E-state index contributed by atoms with van der Waals surface area (Å²) in [5.41, 5.74) is 7.04. The van der Waals surface area contributed by atoms with E-state index < -0.39 is 15.5 Å². The zero-order valence-electron chi connectivity index (χ0n) is 17.8. The van der Waals surface area contributed by atoms with Crippen LogP contribution in [0, 0.1) is 0 Å². The van der Waals surface area contributed by atoms with Gasteiger partial charge in [-0.1, -0.05) is 44.7 Å². The summed E-state index contributed by atoms with van der Waals surface area (Å²) in [5.74, 6) is 0.633. The molecular weight excluding hydrogens is 454 g/mol. The molecule has 0 radical (unpaired) electrons. The lowest BCUT2D eigenvalue weighted by Gasteiger charge is -2.39. The molecule has 2 aromatic rings. The minimum Gasteiger partial charge on any atom is -0.386 e. The van der Waals surface area contributed by atoms with Crippen LogP contribution in [0.4, 0.5) is 0 Å². The number of halogens is 1. The van der Waals surface area contributed by atoms with Crippen molar-refractivity contribution in [1.29, 1.82) is 0 Å². The quantitative estimate of drug-likeness (QED) is 0.685. The van der Waals surface area contributed by atoms with E-state index in [9.17, 15) is 9.00 Å². The van der Waals surface area contributed by atoms with Gasteiger partial charge in [0.15, 0.2) is 0 Å². The highest BCUT2D eigenvalue weighted by Gasteiger charge is 2.46. The lowest BCUT2D eigenvalue weighted by molar-refractivity contribution is 0.0954. The normalized spacial score (nSPS) is 22.2. The van der Waals surface area contributed by atoms with Crippen molar-refractivity contribution in [2.45, 2.75) is 63.3 Å². The first-order valence-electron chi connectivity index (χ1n) is 10.5. The predicted octanol–water partition coefficient (Wildman–Crippen LogP) is 4.01. The minimum absolute atomic E-state index is 0.237. The van der Waals surface area contributed by atoms with Gasteiger partial charge in [-0.2, -0.15) is 0 Å². The Kier molecular flexibility index (Phi) is 8.18. The largest absolute Gasteiger partial charge is 0.386 e. The molecule has 1 fully saturated rings. The van der Waals surface area contributed by atoms with Crippen molar-refractivity contribution in [3.8, 4) is 0 Å². The fourth-order valence-corrected chi connectivity index (χ4v) is 7.29. The number of nitrogens with one attached hydrogen (secondary N) is 1. The van der Waals surface area contributed by atoms with Gasteiger partial charge in [0.1, 0.15) is 16.9 Å². The molecule has 1 aliphatic heterocycles. The number of thiophene rings is 1. The predicted molar refractivity (Wildman–Crippen MR) is 127 cm³/mol. The van der Waals surface area contributed by atoms with Crippen molar-refractivity contribution in [3.63, 3.8) is 0 Å². The first-order valence-corrected chi connectivity index (χ1v) is 13.1. The Hall–Kier alpha value is -1.84. The third kappa shape index (κ3) is 5.15. The SMILES string of the molecule is CC.NC1=N[C@H](c2sc(C(=O)NCc3ccncn3)cc2Cl)CS(=O)C12CCCCC2. The average molecular weight is 482 g/mol. The number of aromatic nitrogens is 2. The third-order valence-electron chi connectivity index (χ3n) is 5.48. The minimum atomic E-state index is -1.11. The molecule has 3 heterocycles. The summed E-state index contributed by atoms with van der Waals surface area (Å²) in [4.78, 5) is 26.4. The molecule has 168 valence electrons. The molecule has 7 nitrogen and oxygen atoms in total. The summed E-state index contributed by atoms with van der Waals surface area (Å²) in [6, 6.07) is 3.00. The molecule has 1 aliphatic carbocycles. The molecule has 2 aliphatic rings. The van der Waals surface area contributed by atoms with E-state index in [1.165, 1.54) is 17.7 Å².